The van der Waals surface area contributed by atoms with Gasteiger partial charge in [0.15, 0.2) is 0 Å². The highest BCUT2D eigenvalue weighted by molar-refractivity contribution is 5.94. The third-order valence-corrected chi connectivity index (χ3v) is 6.37. The minimum atomic E-state index is -0.395. The van der Waals surface area contributed by atoms with Crippen LogP contribution in [-0.2, 0) is 19.6 Å². The van der Waals surface area contributed by atoms with Crippen molar-refractivity contribution in [2.75, 3.05) is 20.1 Å². The summed E-state index contributed by atoms with van der Waals surface area (Å²) in [7, 11) is 2.18. The predicted octanol–water partition coefficient (Wildman–Crippen LogP) is 6.65. The Balaban J connectivity index is 1.82. The van der Waals surface area contributed by atoms with E-state index in [-0.39, 0.29) is 5.91 Å². The van der Waals surface area contributed by atoms with Gasteiger partial charge >= 0.3 is 0 Å². The molecule has 0 saturated carbocycles. The molecule has 1 aromatic heterocycles. The molecule has 0 aliphatic carbocycles. The number of carbonyl (C=O) groups excluding carboxylic acids is 1. The van der Waals surface area contributed by atoms with Gasteiger partial charge < -0.3 is 14.4 Å². The second-order valence-corrected chi connectivity index (χ2v) is 9.54. The number of fused-ring (bicyclic) bond motifs is 1. The Labute approximate surface area is 209 Å². The number of aryl methyl sites for hydroxylation is 1. The Hall–Kier alpha value is -2.73. The molecule has 0 saturated heterocycles. The number of rotatable bonds is 14. The van der Waals surface area contributed by atoms with E-state index in [4.69, 9.17) is 4.98 Å². The maximum Gasteiger partial charge on any atom is 0.254 e. The van der Waals surface area contributed by atoms with Crippen LogP contribution >= 0.6 is 0 Å². The molecule has 0 fully saturated rings. The van der Waals surface area contributed by atoms with Crippen LogP contribution in [-0.4, -0.2) is 45.4 Å². The molecule has 0 spiro atoms. The molecule has 0 aliphatic heterocycles. The predicted molar refractivity (Wildman–Crippen MR) is 142 cm³/mol. The van der Waals surface area contributed by atoms with Gasteiger partial charge in [0, 0.05) is 25.2 Å². The first-order valence-electron chi connectivity index (χ1n) is 13.2. The molecule has 0 bridgehead atoms. The Kier molecular flexibility index (Phi) is 10.3. The smallest absolute Gasteiger partial charge is 0.254 e. The second-order valence-electron chi connectivity index (χ2n) is 9.54. The van der Waals surface area contributed by atoms with Crippen molar-refractivity contribution in [2.24, 2.45) is 0 Å². The van der Waals surface area contributed by atoms with Crippen LogP contribution < -0.4 is 0 Å². The Morgan fingerprint density at radius 2 is 1.77 bits per heavy atom. The van der Waals surface area contributed by atoms with Crippen molar-refractivity contribution in [3.05, 3.63) is 65.2 Å². The highest BCUT2D eigenvalue weighted by atomic mass is 19.1. The molecule has 5 nitrogen and oxygen atoms in total. The van der Waals surface area contributed by atoms with Crippen LogP contribution in [0.1, 0.15) is 81.0 Å². The van der Waals surface area contributed by atoms with Gasteiger partial charge in [-0.3, -0.25) is 4.79 Å². The molecular formula is C29H41FN4O. The third kappa shape index (κ3) is 7.38. The van der Waals surface area contributed by atoms with Crippen molar-refractivity contribution >= 4 is 16.9 Å². The number of amides is 1. The summed E-state index contributed by atoms with van der Waals surface area (Å²) < 4.78 is 16.0. The van der Waals surface area contributed by atoms with E-state index in [1.165, 1.54) is 43.4 Å². The molecule has 0 radical (unpaired) electrons. The van der Waals surface area contributed by atoms with Crippen LogP contribution in [0.15, 0.2) is 42.5 Å². The zero-order valence-electron chi connectivity index (χ0n) is 21.9. The van der Waals surface area contributed by atoms with Crippen molar-refractivity contribution in [1.29, 1.82) is 0 Å². The Morgan fingerprint density at radius 3 is 2.49 bits per heavy atom. The summed E-state index contributed by atoms with van der Waals surface area (Å²) in [6.07, 6.45) is 6.87. The molecule has 1 heterocycles. The first-order chi connectivity index (χ1) is 17.0. The van der Waals surface area contributed by atoms with Crippen molar-refractivity contribution in [2.45, 2.75) is 78.9 Å². The number of hydrogen-bond acceptors (Lipinski definition) is 3. The van der Waals surface area contributed by atoms with Crippen LogP contribution in [0.4, 0.5) is 4.39 Å². The standard InChI is InChI=1S/C29H41FN4O/c1-5-8-9-10-18-32(4)21-23-14-15-27-26(19-23)31-28(34(27)17-7-3)22-33(16-6-2)29(35)24-12-11-13-25(30)20-24/h11-15,19-20H,5-10,16-18,21-22H2,1-4H3. The fourth-order valence-corrected chi connectivity index (χ4v) is 4.61. The van der Waals surface area contributed by atoms with Crippen molar-refractivity contribution in [3.63, 3.8) is 0 Å². The van der Waals surface area contributed by atoms with E-state index in [0.717, 1.165) is 49.3 Å². The number of unbranched alkanes of at least 4 members (excludes halogenated alkanes) is 3. The lowest BCUT2D eigenvalue weighted by atomic mass is 10.1. The molecule has 35 heavy (non-hydrogen) atoms. The molecule has 190 valence electrons. The number of halogens is 1. The fourth-order valence-electron chi connectivity index (χ4n) is 4.61. The van der Waals surface area contributed by atoms with Gasteiger partial charge in [0.2, 0.25) is 0 Å². The molecule has 3 rings (SSSR count). The van der Waals surface area contributed by atoms with Crippen molar-refractivity contribution < 1.29 is 9.18 Å². The molecule has 6 heteroatoms. The number of carbonyl (C=O) groups is 1. The summed E-state index contributed by atoms with van der Waals surface area (Å²) in [6, 6.07) is 12.5. The van der Waals surface area contributed by atoms with Gasteiger partial charge in [0.25, 0.3) is 5.91 Å². The number of imidazole rings is 1. The van der Waals surface area contributed by atoms with Crippen LogP contribution in [0.3, 0.4) is 0 Å². The SMILES string of the molecule is CCCCCCN(C)Cc1ccc2c(c1)nc(CN(CCC)C(=O)c1cccc(F)c1)n2CCC. The molecule has 0 atom stereocenters. The first kappa shape index (κ1) is 26.9. The van der Waals surface area contributed by atoms with Crippen LogP contribution in [0.5, 0.6) is 0 Å². The third-order valence-electron chi connectivity index (χ3n) is 6.37. The van der Waals surface area contributed by atoms with E-state index in [0.29, 0.717) is 18.7 Å². The molecule has 2 aromatic carbocycles. The topological polar surface area (TPSA) is 41.4 Å². The van der Waals surface area contributed by atoms with Gasteiger partial charge in [-0.15, -0.1) is 0 Å². The van der Waals surface area contributed by atoms with Gasteiger partial charge in [-0.1, -0.05) is 52.2 Å². The monoisotopic (exact) mass is 480 g/mol. The number of benzene rings is 2. The van der Waals surface area contributed by atoms with Gasteiger partial charge in [-0.05, 0) is 68.8 Å². The minimum absolute atomic E-state index is 0.160. The normalized spacial score (nSPS) is 11.5. The summed E-state index contributed by atoms with van der Waals surface area (Å²) in [5, 5.41) is 0. The maximum atomic E-state index is 13.7. The minimum Gasteiger partial charge on any atom is -0.331 e. The summed E-state index contributed by atoms with van der Waals surface area (Å²) in [4.78, 5) is 22.3. The summed E-state index contributed by atoms with van der Waals surface area (Å²) in [5.41, 5.74) is 3.70. The average Bonchev–Trinajstić information content (AvgIpc) is 3.17. The highest BCUT2D eigenvalue weighted by Gasteiger charge is 2.20. The largest absolute Gasteiger partial charge is 0.331 e. The van der Waals surface area contributed by atoms with E-state index in [9.17, 15) is 9.18 Å². The van der Waals surface area contributed by atoms with E-state index < -0.39 is 5.82 Å². The van der Waals surface area contributed by atoms with Crippen LogP contribution in [0.25, 0.3) is 11.0 Å². The molecule has 0 N–H and O–H groups in total. The fraction of sp³-hybridized carbons (Fsp3) is 0.517. The maximum absolute atomic E-state index is 13.7. The van der Waals surface area contributed by atoms with Gasteiger partial charge in [0.1, 0.15) is 11.6 Å². The number of nitrogens with zero attached hydrogens (tertiary/aromatic N) is 4. The molecule has 0 unspecified atom stereocenters. The van der Waals surface area contributed by atoms with Gasteiger partial charge in [-0.25, -0.2) is 9.37 Å². The quantitative estimate of drug-likeness (QED) is 0.243. The lowest BCUT2D eigenvalue weighted by molar-refractivity contribution is 0.0736. The van der Waals surface area contributed by atoms with Crippen molar-refractivity contribution in [1.82, 2.24) is 19.4 Å². The zero-order valence-corrected chi connectivity index (χ0v) is 21.9. The van der Waals surface area contributed by atoms with E-state index in [2.05, 4.69) is 48.6 Å². The first-order valence-corrected chi connectivity index (χ1v) is 13.2. The second kappa shape index (κ2) is 13.4. The molecular weight excluding hydrogens is 439 g/mol. The van der Waals surface area contributed by atoms with E-state index in [1.54, 1.807) is 17.0 Å². The Bertz CT molecular complexity index is 1090. The number of hydrogen-bond donors (Lipinski definition) is 0. The van der Waals surface area contributed by atoms with Gasteiger partial charge in [-0.2, -0.15) is 0 Å². The lowest BCUT2D eigenvalue weighted by Gasteiger charge is -2.22. The van der Waals surface area contributed by atoms with Crippen LogP contribution in [0.2, 0.25) is 0 Å². The lowest BCUT2D eigenvalue weighted by Crippen LogP contribution is -2.32. The summed E-state index contributed by atoms with van der Waals surface area (Å²) in [5.74, 6) is 0.324. The number of aromatic nitrogens is 2. The Morgan fingerprint density at radius 1 is 0.943 bits per heavy atom. The molecule has 3 aromatic rings. The highest BCUT2D eigenvalue weighted by Crippen LogP contribution is 2.22. The van der Waals surface area contributed by atoms with Gasteiger partial charge in [0.05, 0.1) is 17.6 Å². The summed E-state index contributed by atoms with van der Waals surface area (Å²) in [6.45, 7) is 10.3. The summed E-state index contributed by atoms with van der Waals surface area (Å²) >= 11 is 0. The molecule has 1 amide bonds. The van der Waals surface area contributed by atoms with Crippen LogP contribution in [0, 0.1) is 5.82 Å². The van der Waals surface area contributed by atoms with E-state index in [1.807, 2.05) is 6.92 Å². The van der Waals surface area contributed by atoms with Crippen molar-refractivity contribution in [3.8, 4) is 0 Å². The van der Waals surface area contributed by atoms with E-state index >= 15 is 0 Å². The molecule has 0 aliphatic rings. The zero-order chi connectivity index (χ0) is 25.2. The average molecular weight is 481 g/mol.